The third-order valence-electron chi connectivity index (χ3n) is 5.61. The van der Waals surface area contributed by atoms with Gasteiger partial charge in [0.1, 0.15) is 0 Å². The number of ketones is 1. The summed E-state index contributed by atoms with van der Waals surface area (Å²) in [5, 5.41) is 2.73. The molecular formula is C23H25BrN4O3. The highest BCUT2D eigenvalue weighted by Crippen LogP contribution is 2.23. The molecule has 1 saturated heterocycles. The van der Waals surface area contributed by atoms with E-state index in [0.717, 1.165) is 60.0 Å². The minimum absolute atomic E-state index is 0.0892. The lowest BCUT2D eigenvalue weighted by Crippen LogP contribution is -2.37. The molecule has 2 aromatic carbocycles. The van der Waals surface area contributed by atoms with E-state index in [1.807, 2.05) is 36.4 Å². The first-order valence-electron chi connectivity index (χ1n) is 10.5. The van der Waals surface area contributed by atoms with Crippen molar-refractivity contribution >= 4 is 44.5 Å². The second-order valence-corrected chi connectivity index (χ2v) is 8.65. The maximum Gasteiger partial charge on any atom is 0.411 e. The number of H-pyrrole nitrogens is 1. The zero-order valence-electron chi connectivity index (χ0n) is 17.1. The monoisotopic (exact) mass is 484 g/mol. The van der Waals surface area contributed by atoms with Crippen LogP contribution >= 0.6 is 15.9 Å². The Morgan fingerprint density at radius 3 is 2.71 bits per heavy atom. The number of fused-ring (bicyclic) bond motifs is 1. The number of carbonyl (C=O) groups excluding carboxylic acids is 2. The summed E-state index contributed by atoms with van der Waals surface area (Å²) in [6.07, 6.45) is 3.65. The molecule has 0 aliphatic carbocycles. The van der Waals surface area contributed by atoms with Gasteiger partial charge in [0.25, 0.3) is 0 Å². The number of rotatable bonds is 7. The smallest absolute Gasteiger partial charge is 0.411 e. The minimum Gasteiger partial charge on any atom is -0.449 e. The molecule has 4 rings (SSSR count). The van der Waals surface area contributed by atoms with Gasteiger partial charge in [-0.25, -0.2) is 9.78 Å². The van der Waals surface area contributed by atoms with Crippen molar-refractivity contribution in [3.05, 3.63) is 58.8 Å². The number of piperidine rings is 1. The molecule has 0 spiro atoms. The standard InChI is InChI=1S/C23H25BrN4O3/c24-18-4-2-16(3-5-18)22(29)17-8-11-28(12-9-17)10-1-13-31-23(30)27-19-6-7-20-21(14-19)26-15-25-20/h2-7,14-15,17H,1,8-13H2,(H,25,26)(H,27,30). The minimum atomic E-state index is -0.464. The van der Waals surface area contributed by atoms with Crippen LogP contribution < -0.4 is 5.32 Å². The van der Waals surface area contributed by atoms with Crippen molar-refractivity contribution in [2.45, 2.75) is 19.3 Å². The molecule has 1 fully saturated rings. The van der Waals surface area contributed by atoms with Crippen molar-refractivity contribution < 1.29 is 14.3 Å². The Hall–Kier alpha value is -2.71. The number of aromatic amines is 1. The van der Waals surface area contributed by atoms with Gasteiger partial charge in [-0.2, -0.15) is 0 Å². The molecule has 8 heteroatoms. The fraction of sp³-hybridized carbons (Fsp3) is 0.348. The highest BCUT2D eigenvalue weighted by molar-refractivity contribution is 9.10. The van der Waals surface area contributed by atoms with Crippen molar-refractivity contribution in [1.29, 1.82) is 0 Å². The fourth-order valence-electron chi connectivity index (χ4n) is 3.89. The number of nitrogens with one attached hydrogen (secondary N) is 2. The quantitative estimate of drug-likeness (QED) is 0.369. The lowest BCUT2D eigenvalue weighted by Gasteiger charge is -2.31. The number of nitrogens with zero attached hydrogens (tertiary/aromatic N) is 2. The van der Waals surface area contributed by atoms with Crippen molar-refractivity contribution in [2.24, 2.45) is 5.92 Å². The van der Waals surface area contributed by atoms with Gasteiger partial charge in [0, 0.05) is 28.2 Å². The topological polar surface area (TPSA) is 87.3 Å². The normalized spacial score (nSPS) is 15.1. The van der Waals surface area contributed by atoms with Crippen LogP contribution in [-0.4, -0.2) is 53.0 Å². The van der Waals surface area contributed by atoms with E-state index in [1.54, 1.807) is 12.4 Å². The summed E-state index contributed by atoms with van der Waals surface area (Å²) in [4.78, 5) is 34.2. The first kappa shape index (κ1) is 21.5. The van der Waals surface area contributed by atoms with E-state index < -0.39 is 6.09 Å². The Kier molecular flexibility index (Phi) is 6.99. The number of halogens is 1. The van der Waals surface area contributed by atoms with Gasteiger partial charge in [-0.3, -0.25) is 10.1 Å². The summed E-state index contributed by atoms with van der Waals surface area (Å²) >= 11 is 3.40. The van der Waals surface area contributed by atoms with Crippen molar-refractivity contribution in [2.75, 3.05) is 31.6 Å². The lowest BCUT2D eigenvalue weighted by atomic mass is 9.89. The summed E-state index contributed by atoms with van der Waals surface area (Å²) < 4.78 is 6.27. The third kappa shape index (κ3) is 5.71. The van der Waals surface area contributed by atoms with E-state index in [4.69, 9.17) is 4.74 Å². The van der Waals surface area contributed by atoms with Crippen LogP contribution in [0.2, 0.25) is 0 Å². The molecule has 3 aromatic rings. The number of carbonyl (C=O) groups is 2. The van der Waals surface area contributed by atoms with E-state index in [9.17, 15) is 9.59 Å². The average Bonchev–Trinajstić information content (AvgIpc) is 3.25. The second kappa shape index (κ2) is 10.1. The Labute approximate surface area is 189 Å². The molecule has 1 aliphatic rings. The van der Waals surface area contributed by atoms with E-state index >= 15 is 0 Å². The summed E-state index contributed by atoms with van der Waals surface area (Å²) in [5.74, 6) is 0.325. The van der Waals surface area contributed by atoms with Gasteiger partial charge in [0.2, 0.25) is 0 Å². The highest BCUT2D eigenvalue weighted by atomic mass is 79.9. The number of ether oxygens (including phenoxy) is 1. The first-order valence-corrected chi connectivity index (χ1v) is 11.3. The van der Waals surface area contributed by atoms with Crippen LogP contribution in [0.3, 0.4) is 0 Å². The van der Waals surface area contributed by atoms with Gasteiger partial charge in [-0.15, -0.1) is 0 Å². The maximum atomic E-state index is 12.7. The molecule has 0 unspecified atom stereocenters. The number of likely N-dealkylation sites (tertiary alicyclic amines) is 1. The molecule has 2 N–H and O–H groups in total. The molecule has 1 aromatic heterocycles. The molecule has 0 radical (unpaired) electrons. The molecule has 0 saturated carbocycles. The van der Waals surface area contributed by atoms with E-state index in [-0.39, 0.29) is 11.7 Å². The van der Waals surface area contributed by atoms with Gasteiger partial charge < -0.3 is 14.6 Å². The number of aromatic nitrogens is 2. The maximum absolute atomic E-state index is 12.7. The Morgan fingerprint density at radius 1 is 1.16 bits per heavy atom. The van der Waals surface area contributed by atoms with Crippen molar-refractivity contribution in [3.63, 3.8) is 0 Å². The number of Topliss-reactive ketones (excluding diaryl/α,β-unsaturated/α-hetero) is 1. The largest absolute Gasteiger partial charge is 0.449 e. The molecule has 162 valence electrons. The number of anilines is 1. The molecule has 1 amide bonds. The first-order chi connectivity index (χ1) is 15.1. The van der Waals surface area contributed by atoms with E-state index in [2.05, 4.69) is 36.1 Å². The van der Waals surface area contributed by atoms with E-state index in [1.165, 1.54) is 0 Å². The molecule has 2 heterocycles. The molecular weight excluding hydrogens is 460 g/mol. The molecule has 0 atom stereocenters. The zero-order valence-corrected chi connectivity index (χ0v) is 18.7. The summed E-state index contributed by atoms with van der Waals surface area (Å²) in [6, 6.07) is 13.1. The van der Waals surface area contributed by atoms with Gasteiger partial charge >= 0.3 is 6.09 Å². The van der Waals surface area contributed by atoms with Crippen LogP contribution in [0.4, 0.5) is 10.5 Å². The second-order valence-electron chi connectivity index (χ2n) is 7.74. The lowest BCUT2D eigenvalue weighted by molar-refractivity contribution is 0.0830. The SMILES string of the molecule is O=C(Nc1ccc2[nH]cnc2c1)OCCCN1CCC(C(=O)c2ccc(Br)cc2)CC1. The molecule has 0 bridgehead atoms. The molecule has 1 aliphatic heterocycles. The summed E-state index contributed by atoms with van der Waals surface area (Å²) in [6.45, 7) is 2.99. The number of imidazole rings is 1. The Morgan fingerprint density at radius 2 is 1.94 bits per heavy atom. The number of amides is 1. The zero-order chi connectivity index (χ0) is 21.6. The van der Waals surface area contributed by atoms with Crippen LogP contribution in [0, 0.1) is 5.92 Å². The van der Waals surface area contributed by atoms with Crippen molar-refractivity contribution in [3.8, 4) is 0 Å². The molecule has 7 nitrogen and oxygen atoms in total. The Balaban J connectivity index is 1.13. The third-order valence-corrected chi connectivity index (χ3v) is 6.14. The summed E-state index contributed by atoms with van der Waals surface area (Å²) in [7, 11) is 0. The predicted octanol–water partition coefficient (Wildman–Crippen LogP) is 4.86. The Bertz CT molecular complexity index is 1040. The van der Waals surface area contributed by atoms with Gasteiger partial charge in [0.05, 0.1) is 24.0 Å². The van der Waals surface area contributed by atoms with Gasteiger partial charge in [0.15, 0.2) is 5.78 Å². The van der Waals surface area contributed by atoms with Crippen LogP contribution in [0.5, 0.6) is 0 Å². The van der Waals surface area contributed by atoms with Crippen molar-refractivity contribution in [1.82, 2.24) is 14.9 Å². The average molecular weight is 485 g/mol. The highest BCUT2D eigenvalue weighted by Gasteiger charge is 2.25. The van der Waals surface area contributed by atoms with Crippen LogP contribution in [0.1, 0.15) is 29.6 Å². The van der Waals surface area contributed by atoms with Crippen LogP contribution in [-0.2, 0) is 4.74 Å². The fourth-order valence-corrected chi connectivity index (χ4v) is 4.15. The van der Waals surface area contributed by atoms with Gasteiger partial charge in [-0.1, -0.05) is 28.1 Å². The predicted molar refractivity (Wildman–Crippen MR) is 123 cm³/mol. The van der Waals surface area contributed by atoms with E-state index in [0.29, 0.717) is 12.3 Å². The van der Waals surface area contributed by atoms with Gasteiger partial charge in [-0.05, 0) is 62.7 Å². The van der Waals surface area contributed by atoms with Crippen LogP contribution in [0.25, 0.3) is 11.0 Å². The summed E-state index contributed by atoms with van der Waals surface area (Å²) in [5.41, 5.74) is 3.15. The number of benzene rings is 2. The number of hydrogen-bond acceptors (Lipinski definition) is 5. The molecule has 31 heavy (non-hydrogen) atoms. The van der Waals surface area contributed by atoms with Crippen LogP contribution in [0.15, 0.2) is 53.3 Å². The number of hydrogen-bond donors (Lipinski definition) is 2.